The summed E-state index contributed by atoms with van der Waals surface area (Å²) < 4.78 is 5.81. The molecule has 4 heteroatoms. The van der Waals surface area contributed by atoms with E-state index in [1.54, 1.807) is 12.1 Å². The maximum atomic E-state index is 5.99. The van der Waals surface area contributed by atoms with Crippen LogP contribution in [0.1, 0.15) is 17.5 Å². The molecule has 0 saturated carbocycles. The second kappa shape index (κ2) is 8.20. The van der Waals surface area contributed by atoms with Crippen molar-refractivity contribution in [3.05, 3.63) is 63.6 Å². The van der Waals surface area contributed by atoms with Crippen LogP contribution in [-0.4, -0.2) is 5.88 Å². The van der Waals surface area contributed by atoms with Crippen LogP contribution in [0.3, 0.4) is 0 Å². The molecule has 2 aromatic carbocycles. The Morgan fingerprint density at radius 3 is 2.57 bits per heavy atom. The molecular formula is C17H13Cl3O. The first-order valence-electron chi connectivity index (χ1n) is 6.41. The average molecular weight is 340 g/mol. The highest BCUT2D eigenvalue weighted by atomic mass is 35.5. The molecule has 0 aliphatic carbocycles. The van der Waals surface area contributed by atoms with E-state index in [-0.39, 0.29) is 0 Å². The van der Waals surface area contributed by atoms with Crippen molar-refractivity contribution in [1.29, 1.82) is 0 Å². The van der Waals surface area contributed by atoms with Crippen molar-refractivity contribution in [2.24, 2.45) is 0 Å². The van der Waals surface area contributed by atoms with E-state index in [1.807, 2.05) is 30.3 Å². The maximum absolute atomic E-state index is 5.99. The number of ether oxygens (including phenoxy) is 1. The second-order valence-corrected chi connectivity index (χ2v) is 5.47. The van der Waals surface area contributed by atoms with E-state index in [2.05, 4.69) is 11.8 Å². The molecule has 0 amide bonds. The molecule has 0 atom stereocenters. The summed E-state index contributed by atoms with van der Waals surface area (Å²) in [4.78, 5) is 0. The highest BCUT2D eigenvalue weighted by molar-refractivity contribution is 6.42. The number of rotatable bonds is 4. The normalized spacial score (nSPS) is 9.86. The Kier molecular flexibility index (Phi) is 6.26. The molecule has 1 nitrogen and oxygen atoms in total. The van der Waals surface area contributed by atoms with Gasteiger partial charge in [-0.2, -0.15) is 0 Å². The predicted molar refractivity (Wildman–Crippen MR) is 89.5 cm³/mol. The molecule has 0 radical (unpaired) electrons. The fourth-order valence-corrected chi connectivity index (χ4v) is 2.11. The van der Waals surface area contributed by atoms with Crippen molar-refractivity contribution in [2.45, 2.75) is 13.0 Å². The topological polar surface area (TPSA) is 9.23 Å². The van der Waals surface area contributed by atoms with Crippen LogP contribution in [0.4, 0.5) is 0 Å². The highest BCUT2D eigenvalue weighted by Gasteiger charge is 2.03. The van der Waals surface area contributed by atoms with Crippen molar-refractivity contribution in [1.82, 2.24) is 0 Å². The van der Waals surface area contributed by atoms with Gasteiger partial charge in [0.25, 0.3) is 0 Å². The van der Waals surface area contributed by atoms with Crippen LogP contribution in [-0.2, 0) is 6.61 Å². The zero-order valence-electron chi connectivity index (χ0n) is 11.2. The lowest BCUT2D eigenvalue weighted by Gasteiger charge is -2.09. The Hall–Kier alpha value is -1.33. The summed E-state index contributed by atoms with van der Waals surface area (Å²) in [5.41, 5.74) is 1.80. The van der Waals surface area contributed by atoms with E-state index in [1.165, 1.54) is 0 Å². The molecule has 0 bridgehead atoms. The van der Waals surface area contributed by atoms with Gasteiger partial charge >= 0.3 is 0 Å². The minimum Gasteiger partial charge on any atom is -0.488 e. The third-order valence-electron chi connectivity index (χ3n) is 2.71. The van der Waals surface area contributed by atoms with Gasteiger partial charge in [-0.05, 0) is 29.8 Å². The van der Waals surface area contributed by atoms with Gasteiger partial charge in [0.2, 0.25) is 0 Å². The fraction of sp³-hybridized carbons (Fsp3) is 0.176. The third-order valence-corrected chi connectivity index (χ3v) is 3.64. The monoisotopic (exact) mass is 338 g/mol. The fourth-order valence-electron chi connectivity index (χ4n) is 1.69. The van der Waals surface area contributed by atoms with Gasteiger partial charge in [0.05, 0.1) is 15.6 Å². The molecule has 0 saturated heterocycles. The van der Waals surface area contributed by atoms with Crippen molar-refractivity contribution in [2.75, 3.05) is 5.88 Å². The van der Waals surface area contributed by atoms with Crippen LogP contribution < -0.4 is 4.74 Å². The molecule has 0 spiro atoms. The van der Waals surface area contributed by atoms with Crippen LogP contribution in [0.5, 0.6) is 5.75 Å². The first kappa shape index (κ1) is 16.0. The number of benzene rings is 2. The van der Waals surface area contributed by atoms with Crippen molar-refractivity contribution < 1.29 is 4.74 Å². The molecule has 0 N–H and O–H groups in total. The van der Waals surface area contributed by atoms with Crippen molar-refractivity contribution in [3.8, 4) is 17.6 Å². The number of alkyl halides is 1. The zero-order valence-corrected chi connectivity index (χ0v) is 13.5. The Labute approximate surface area is 139 Å². The maximum Gasteiger partial charge on any atom is 0.135 e. The Bertz CT molecular complexity index is 671. The predicted octanol–water partition coefficient (Wildman–Crippen LogP) is 5.55. The molecule has 21 heavy (non-hydrogen) atoms. The zero-order chi connectivity index (χ0) is 15.1. The van der Waals surface area contributed by atoms with Gasteiger partial charge in [-0.25, -0.2) is 0 Å². The van der Waals surface area contributed by atoms with Gasteiger partial charge in [0, 0.05) is 12.3 Å². The molecule has 108 valence electrons. The number of halogens is 3. The van der Waals surface area contributed by atoms with E-state index in [0.717, 1.165) is 16.9 Å². The van der Waals surface area contributed by atoms with Gasteiger partial charge in [0.1, 0.15) is 12.4 Å². The van der Waals surface area contributed by atoms with Crippen LogP contribution in [0.15, 0.2) is 42.5 Å². The van der Waals surface area contributed by atoms with E-state index in [9.17, 15) is 0 Å². The van der Waals surface area contributed by atoms with Crippen LogP contribution >= 0.6 is 34.8 Å². The first-order valence-corrected chi connectivity index (χ1v) is 7.70. The molecule has 0 aliphatic rings. The standard InChI is InChI=1S/C17H13Cl3O/c18-10-4-3-6-14-5-1-2-7-17(14)21-12-13-8-9-15(19)16(20)11-13/h1-2,5,7-9,11H,4,10,12H2. The molecule has 0 aliphatic heterocycles. The summed E-state index contributed by atoms with van der Waals surface area (Å²) >= 11 is 17.5. The molecule has 0 fully saturated rings. The lowest BCUT2D eigenvalue weighted by molar-refractivity contribution is 0.305. The first-order chi connectivity index (χ1) is 10.2. The van der Waals surface area contributed by atoms with Gasteiger partial charge in [0.15, 0.2) is 0 Å². The minimum absolute atomic E-state index is 0.408. The quantitative estimate of drug-likeness (QED) is 0.524. The van der Waals surface area contributed by atoms with Gasteiger partial charge in [-0.15, -0.1) is 11.6 Å². The van der Waals surface area contributed by atoms with Crippen LogP contribution in [0.25, 0.3) is 0 Å². The second-order valence-electron chi connectivity index (χ2n) is 4.27. The molecule has 0 aromatic heterocycles. The SMILES string of the molecule is ClCCC#Cc1ccccc1OCc1ccc(Cl)c(Cl)c1. The van der Waals surface area contributed by atoms with Crippen molar-refractivity contribution >= 4 is 34.8 Å². The molecule has 0 heterocycles. The summed E-state index contributed by atoms with van der Waals surface area (Å²) in [6.45, 7) is 0.408. The summed E-state index contributed by atoms with van der Waals surface area (Å²) in [6.07, 6.45) is 0.655. The Balaban J connectivity index is 2.09. The highest BCUT2D eigenvalue weighted by Crippen LogP contribution is 2.24. The van der Waals surface area contributed by atoms with Gasteiger partial charge < -0.3 is 4.74 Å². The lowest BCUT2D eigenvalue weighted by Crippen LogP contribution is -1.97. The smallest absolute Gasteiger partial charge is 0.135 e. The number of hydrogen-bond acceptors (Lipinski definition) is 1. The van der Waals surface area contributed by atoms with E-state index in [0.29, 0.717) is 29.0 Å². The molecule has 0 unspecified atom stereocenters. The van der Waals surface area contributed by atoms with E-state index >= 15 is 0 Å². The largest absolute Gasteiger partial charge is 0.488 e. The summed E-state index contributed by atoms with van der Waals surface area (Å²) in [5, 5.41) is 1.06. The van der Waals surface area contributed by atoms with Gasteiger partial charge in [-0.1, -0.05) is 53.2 Å². The molecule has 2 rings (SSSR count). The van der Waals surface area contributed by atoms with Crippen LogP contribution in [0, 0.1) is 11.8 Å². The lowest BCUT2D eigenvalue weighted by atomic mass is 10.2. The van der Waals surface area contributed by atoms with E-state index in [4.69, 9.17) is 39.5 Å². The third kappa shape index (κ3) is 4.86. The summed E-state index contributed by atoms with van der Waals surface area (Å²) in [7, 11) is 0. The number of hydrogen-bond donors (Lipinski definition) is 0. The Morgan fingerprint density at radius 2 is 1.81 bits per heavy atom. The van der Waals surface area contributed by atoms with Crippen molar-refractivity contribution in [3.63, 3.8) is 0 Å². The van der Waals surface area contributed by atoms with Crippen LogP contribution in [0.2, 0.25) is 10.0 Å². The minimum atomic E-state index is 0.408. The summed E-state index contributed by atoms with van der Waals surface area (Å²) in [5.74, 6) is 7.34. The number of para-hydroxylation sites is 1. The molecule has 2 aromatic rings. The Morgan fingerprint density at radius 1 is 1.00 bits per heavy atom. The van der Waals surface area contributed by atoms with Gasteiger partial charge in [-0.3, -0.25) is 0 Å². The van der Waals surface area contributed by atoms with E-state index < -0.39 is 0 Å². The average Bonchev–Trinajstić information content (AvgIpc) is 2.50. The molecular weight excluding hydrogens is 327 g/mol. The summed E-state index contributed by atoms with van der Waals surface area (Å²) in [6, 6.07) is 13.1.